The number of carboxylic acid groups (broad SMARTS) is 1. The van der Waals surface area contributed by atoms with Crippen LogP contribution < -0.4 is 0 Å². The topological polar surface area (TPSA) is 63.6 Å². The summed E-state index contributed by atoms with van der Waals surface area (Å²) in [5, 5.41) is 9.26. The molecule has 0 fully saturated rings. The van der Waals surface area contributed by atoms with Gasteiger partial charge in [0.05, 0.1) is 5.92 Å². The predicted molar refractivity (Wildman–Crippen MR) is 71.6 cm³/mol. The van der Waals surface area contributed by atoms with Crippen LogP contribution in [0.25, 0.3) is 0 Å². The first-order valence-corrected chi connectivity index (χ1v) is 6.57. The Kier molecular flexibility index (Phi) is 6.06. The third-order valence-corrected chi connectivity index (χ3v) is 2.96. The zero-order valence-electron chi connectivity index (χ0n) is 11.3. The first kappa shape index (κ1) is 15.2. The van der Waals surface area contributed by atoms with Crippen molar-refractivity contribution in [1.82, 2.24) is 0 Å². The molecule has 0 spiro atoms. The van der Waals surface area contributed by atoms with E-state index in [0.29, 0.717) is 19.3 Å². The van der Waals surface area contributed by atoms with Gasteiger partial charge in [0.2, 0.25) is 0 Å². The number of ether oxygens (including phenoxy) is 1. The number of esters is 1. The standard InChI is InChI=1S/C15H20O4/c1-3-8-13(16)19-14(12(4-2)15(17)18)11-9-6-5-7-10-11/h5-7,9-10,12,14H,3-4,8H2,1-2H3,(H,17,18). The van der Waals surface area contributed by atoms with Crippen LogP contribution in [0.5, 0.6) is 0 Å². The molecule has 0 aliphatic heterocycles. The van der Waals surface area contributed by atoms with Gasteiger partial charge < -0.3 is 9.84 Å². The molecule has 104 valence electrons. The van der Waals surface area contributed by atoms with Crippen LogP contribution in [0.2, 0.25) is 0 Å². The molecule has 1 aromatic rings. The summed E-state index contributed by atoms with van der Waals surface area (Å²) in [4.78, 5) is 22.9. The lowest BCUT2D eigenvalue weighted by molar-refractivity contribution is -0.159. The number of aliphatic carboxylic acids is 1. The monoisotopic (exact) mass is 264 g/mol. The molecule has 2 unspecified atom stereocenters. The van der Waals surface area contributed by atoms with Gasteiger partial charge in [0.1, 0.15) is 6.10 Å². The van der Waals surface area contributed by atoms with Crippen LogP contribution in [0, 0.1) is 5.92 Å². The first-order valence-electron chi connectivity index (χ1n) is 6.57. The van der Waals surface area contributed by atoms with E-state index in [1.807, 2.05) is 25.1 Å². The quantitative estimate of drug-likeness (QED) is 0.768. The second kappa shape index (κ2) is 7.56. The van der Waals surface area contributed by atoms with Crippen LogP contribution in [-0.2, 0) is 14.3 Å². The van der Waals surface area contributed by atoms with Crippen molar-refractivity contribution >= 4 is 11.9 Å². The molecule has 2 atom stereocenters. The molecule has 0 aromatic heterocycles. The molecule has 0 saturated heterocycles. The van der Waals surface area contributed by atoms with E-state index in [-0.39, 0.29) is 5.97 Å². The molecule has 0 radical (unpaired) electrons. The van der Waals surface area contributed by atoms with Crippen LogP contribution >= 0.6 is 0 Å². The Morgan fingerprint density at radius 2 is 1.84 bits per heavy atom. The number of carbonyl (C=O) groups is 2. The minimum atomic E-state index is -0.944. The number of rotatable bonds is 7. The van der Waals surface area contributed by atoms with Gasteiger partial charge in [-0.1, -0.05) is 44.2 Å². The van der Waals surface area contributed by atoms with Crippen LogP contribution in [-0.4, -0.2) is 17.0 Å². The van der Waals surface area contributed by atoms with Crippen molar-refractivity contribution in [2.24, 2.45) is 5.92 Å². The summed E-state index contributed by atoms with van der Waals surface area (Å²) in [7, 11) is 0. The highest BCUT2D eigenvalue weighted by molar-refractivity contribution is 5.73. The van der Waals surface area contributed by atoms with Crippen molar-refractivity contribution in [2.75, 3.05) is 0 Å². The maximum Gasteiger partial charge on any atom is 0.310 e. The highest BCUT2D eigenvalue weighted by atomic mass is 16.5. The van der Waals surface area contributed by atoms with E-state index in [1.54, 1.807) is 19.1 Å². The Morgan fingerprint density at radius 3 is 2.32 bits per heavy atom. The van der Waals surface area contributed by atoms with Crippen molar-refractivity contribution in [1.29, 1.82) is 0 Å². The molecule has 0 aliphatic rings. The zero-order valence-corrected chi connectivity index (χ0v) is 11.3. The van der Waals surface area contributed by atoms with E-state index in [9.17, 15) is 14.7 Å². The number of carboxylic acids is 1. The van der Waals surface area contributed by atoms with Gasteiger partial charge in [-0.25, -0.2) is 0 Å². The third-order valence-electron chi connectivity index (χ3n) is 2.96. The van der Waals surface area contributed by atoms with Crippen LogP contribution in [0.3, 0.4) is 0 Å². The molecule has 1 rings (SSSR count). The summed E-state index contributed by atoms with van der Waals surface area (Å²) < 4.78 is 5.37. The predicted octanol–water partition coefficient (Wildman–Crippen LogP) is 3.18. The lowest BCUT2D eigenvalue weighted by Crippen LogP contribution is -2.25. The maximum absolute atomic E-state index is 11.7. The Balaban J connectivity index is 2.97. The van der Waals surface area contributed by atoms with Gasteiger partial charge in [-0.05, 0) is 18.4 Å². The van der Waals surface area contributed by atoms with Crippen LogP contribution in [0.15, 0.2) is 30.3 Å². The summed E-state index contributed by atoms with van der Waals surface area (Å²) in [5.74, 6) is -2.01. The fraction of sp³-hybridized carbons (Fsp3) is 0.467. The van der Waals surface area contributed by atoms with Crippen LogP contribution in [0.1, 0.15) is 44.8 Å². The molecule has 0 aliphatic carbocycles. The lowest BCUT2D eigenvalue weighted by atomic mass is 9.93. The Hall–Kier alpha value is -1.84. The van der Waals surface area contributed by atoms with E-state index in [4.69, 9.17) is 4.74 Å². The van der Waals surface area contributed by atoms with Crippen molar-refractivity contribution in [2.45, 2.75) is 39.2 Å². The second-order valence-corrected chi connectivity index (χ2v) is 4.42. The van der Waals surface area contributed by atoms with E-state index < -0.39 is 18.0 Å². The molecule has 4 nitrogen and oxygen atoms in total. The number of carbonyl (C=O) groups excluding carboxylic acids is 1. The summed E-state index contributed by atoms with van der Waals surface area (Å²) in [6.45, 7) is 3.66. The minimum Gasteiger partial charge on any atom is -0.481 e. The van der Waals surface area contributed by atoms with E-state index in [0.717, 1.165) is 5.56 Å². The van der Waals surface area contributed by atoms with Crippen molar-refractivity contribution in [3.8, 4) is 0 Å². The average Bonchev–Trinajstić information content (AvgIpc) is 2.39. The van der Waals surface area contributed by atoms with Gasteiger partial charge in [-0.3, -0.25) is 9.59 Å². The van der Waals surface area contributed by atoms with Crippen molar-refractivity contribution in [3.63, 3.8) is 0 Å². The molecule has 19 heavy (non-hydrogen) atoms. The molecule has 0 saturated carbocycles. The largest absolute Gasteiger partial charge is 0.481 e. The van der Waals surface area contributed by atoms with Gasteiger partial charge in [0.15, 0.2) is 0 Å². The number of benzene rings is 1. The third kappa shape index (κ3) is 4.39. The van der Waals surface area contributed by atoms with Gasteiger partial charge in [-0.15, -0.1) is 0 Å². The molecule has 0 amide bonds. The molecule has 1 N–H and O–H groups in total. The minimum absolute atomic E-state index is 0.305. The number of hydrogen-bond acceptors (Lipinski definition) is 3. The molecule has 0 bridgehead atoms. The summed E-state index contributed by atoms with van der Waals surface area (Å²) in [5.41, 5.74) is 0.723. The van der Waals surface area contributed by atoms with Gasteiger partial charge in [0.25, 0.3) is 0 Å². The summed E-state index contributed by atoms with van der Waals surface area (Å²) in [6.07, 6.45) is 0.681. The molecular formula is C15H20O4. The van der Waals surface area contributed by atoms with Crippen molar-refractivity contribution in [3.05, 3.63) is 35.9 Å². The summed E-state index contributed by atoms with van der Waals surface area (Å²) >= 11 is 0. The average molecular weight is 264 g/mol. The normalized spacial score (nSPS) is 13.6. The number of hydrogen-bond donors (Lipinski definition) is 1. The Labute approximate surface area is 113 Å². The van der Waals surface area contributed by atoms with Crippen molar-refractivity contribution < 1.29 is 19.4 Å². The SMILES string of the molecule is CCCC(=O)OC(c1ccccc1)C(CC)C(=O)O. The van der Waals surface area contributed by atoms with E-state index in [2.05, 4.69) is 0 Å². The summed E-state index contributed by atoms with van der Waals surface area (Å²) in [6, 6.07) is 9.04. The first-order chi connectivity index (χ1) is 9.10. The molecule has 0 heterocycles. The second-order valence-electron chi connectivity index (χ2n) is 4.42. The maximum atomic E-state index is 11.7. The highest BCUT2D eigenvalue weighted by Crippen LogP contribution is 2.29. The van der Waals surface area contributed by atoms with Crippen LogP contribution in [0.4, 0.5) is 0 Å². The smallest absolute Gasteiger partial charge is 0.310 e. The zero-order chi connectivity index (χ0) is 14.3. The van der Waals surface area contributed by atoms with Gasteiger partial charge in [-0.2, -0.15) is 0 Å². The van der Waals surface area contributed by atoms with Gasteiger partial charge >= 0.3 is 11.9 Å². The fourth-order valence-corrected chi connectivity index (χ4v) is 1.95. The lowest BCUT2D eigenvalue weighted by Gasteiger charge is -2.23. The van der Waals surface area contributed by atoms with E-state index >= 15 is 0 Å². The molecule has 1 aromatic carbocycles. The Morgan fingerprint density at radius 1 is 1.21 bits per heavy atom. The fourth-order valence-electron chi connectivity index (χ4n) is 1.95. The highest BCUT2D eigenvalue weighted by Gasteiger charge is 2.30. The Bertz CT molecular complexity index is 413. The molecular weight excluding hydrogens is 244 g/mol. The van der Waals surface area contributed by atoms with Gasteiger partial charge in [0, 0.05) is 6.42 Å². The molecule has 4 heteroatoms. The van der Waals surface area contributed by atoms with E-state index in [1.165, 1.54) is 0 Å².